The van der Waals surface area contributed by atoms with E-state index in [1.807, 2.05) is 6.92 Å². The van der Waals surface area contributed by atoms with Crippen molar-refractivity contribution in [2.24, 2.45) is 5.41 Å². The Balaban J connectivity index is 0.920. The number of aromatic nitrogens is 3. The van der Waals surface area contributed by atoms with Crippen molar-refractivity contribution in [1.29, 1.82) is 0 Å². The molecular formula is C43H64N8O8. The molecule has 0 aliphatic carbocycles. The Bertz CT molecular complexity index is 1870. The van der Waals surface area contributed by atoms with Crippen molar-refractivity contribution in [2.45, 2.75) is 65.3 Å². The maximum atomic E-state index is 12.1. The van der Waals surface area contributed by atoms with E-state index in [0.717, 1.165) is 111 Å². The highest BCUT2D eigenvalue weighted by molar-refractivity contribution is 6.12. The molecule has 3 aromatic rings. The van der Waals surface area contributed by atoms with Gasteiger partial charge in [-0.2, -0.15) is 0 Å². The van der Waals surface area contributed by atoms with Crippen LogP contribution < -0.4 is 11.1 Å². The third kappa shape index (κ3) is 13.5. The van der Waals surface area contributed by atoms with Crippen molar-refractivity contribution in [1.82, 2.24) is 34.6 Å². The molecule has 2 aliphatic rings. The number of nitrogen functional groups attached to an aromatic ring is 1. The third-order valence-corrected chi connectivity index (χ3v) is 10.9. The standard InChI is InChI=1S/C43H64N8O8/c1-3-4-9-36-47-40-41(51(36)30-43(2,31-52)32-53)34-11-10-33(29-35(34)46-42(40)44)8-7-17-49-20-18-48(19-21-49)16-6-5-15-45-37(54)14-23-57-25-27-59-28-26-58-24-22-50-38(55)12-13-39(50)56/h10-14,23,29,52-53H,3-9,15-22,24-28,30-32H2,1-2H3,(H2,44,46)(H,45,54). The predicted molar refractivity (Wildman–Crippen MR) is 226 cm³/mol. The number of carbonyl (C=O) groups is 3. The fraction of sp³-hybridized carbons (Fsp3) is 0.605. The van der Waals surface area contributed by atoms with Crippen molar-refractivity contribution in [3.8, 4) is 0 Å². The number of aliphatic hydroxyl groups excluding tert-OH is 2. The smallest absolute Gasteiger partial charge is 0.253 e. The molecule has 0 atom stereocenters. The number of imide groups is 1. The van der Waals surface area contributed by atoms with E-state index in [0.29, 0.717) is 50.9 Å². The number of ether oxygens (including phenoxy) is 3. The average Bonchev–Trinajstić information content (AvgIpc) is 3.76. The van der Waals surface area contributed by atoms with E-state index in [1.165, 1.54) is 30.1 Å². The second kappa shape index (κ2) is 23.4. The molecule has 0 bridgehead atoms. The number of fused-ring (bicyclic) bond motifs is 3. The van der Waals surface area contributed by atoms with E-state index in [1.54, 1.807) is 0 Å². The molecular weight excluding hydrogens is 757 g/mol. The lowest BCUT2D eigenvalue weighted by atomic mass is 9.92. The number of hydrogen-bond acceptors (Lipinski definition) is 13. The van der Waals surface area contributed by atoms with Gasteiger partial charge in [0.25, 0.3) is 11.8 Å². The van der Waals surface area contributed by atoms with Gasteiger partial charge in [0.05, 0.1) is 63.5 Å². The van der Waals surface area contributed by atoms with Crippen LogP contribution in [0.15, 0.2) is 42.7 Å². The number of benzene rings is 1. The van der Waals surface area contributed by atoms with Crippen molar-refractivity contribution < 1.29 is 38.8 Å². The number of nitrogens with two attached hydrogens (primary N) is 1. The van der Waals surface area contributed by atoms with Crippen LogP contribution >= 0.6 is 0 Å². The lowest BCUT2D eigenvalue weighted by Crippen LogP contribution is -2.46. The fourth-order valence-electron chi connectivity index (χ4n) is 7.28. The van der Waals surface area contributed by atoms with Crippen LogP contribution in [-0.2, 0) is 48.0 Å². The molecule has 4 heterocycles. The van der Waals surface area contributed by atoms with Gasteiger partial charge in [-0.1, -0.05) is 32.4 Å². The molecule has 5 N–H and O–H groups in total. The number of hydrogen-bond donors (Lipinski definition) is 4. The summed E-state index contributed by atoms with van der Waals surface area (Å²) in [6, 6.07) is 6.45. The van der Waals surface area contributed by atoms with Crippen LogP contribution in [0, 0.1) is 5.41 Å². The van der Waals surface area contributed by atoms with E-state index in [9.17, 15) is 24.6 Å². The maximum absolute atomic E-state index is 12.1. The highest BCUT2D eigenvalue weighted by Gasteiger charge is 2.28. The van der Waals surface area contributed by atoms with Gasteiger partial charge >= 0.3 is 0 Å². The number of aliphatic hydroxyl groups is 2. The highest BCUT2D eigenvalue weighted by Crippen LogP contribution is 2.32. The Morgan fingerprint density at radius 1 is 0.881 bits per heavy atom. The minimum Gasteiger partial charge on any atom is -0.499 e. The summed E-state index contributed by atoms with van der Waals surface area (Å²) in [5, 5.41) is 24.1. The molecule has 1 fully saturated rings. The summed E-state index contributed by atoms with van der Waals surface area (Å²) in [6.45, 7) is 12.8. The fourth-order valence-corrected chi connectivity index (χ4v) is 7.28. The molecule has 2 aliphatic heterocycles. The summed E-state index contributed by atoms with van der Waals surface area (Å²) in [5.41, 5.74) is 9.47. The van der Waals surface area contributed by atoms with Crippen LogP contribution in [0.5, 0.6) is 0 Å². The number of pyridine rings is 1. The van der Waals surface area contributed by atoms with Gasteiger partial charge in [-0.3, -0.25) is 19.3 Å². The van der Waals surface area contributed by atoms with Crippen LogP contribution in [0.25, 0.3) is 21.9 Å². The van der Waals surface area contributed by atoms with Crippen molar-refractivity contribution in [3.63, 3.8) is 0 Å². The number of rotatable bonds is 27. The largest absolute Gasteiger partial charge is 0.499 e. The molecule has 16 nitrogen and oxygen atoms in total. The predicted octanol–water partition coefficient (Wildman–Crippen LogP) is 2.44. The van der Waals surface area contributed by atoms with Gasteiger partial charge in [0.15, 0.2) is 5.82 Å². The summed E-state index contributed by atoms with van der Waals surface area (Å²) in [4.78, 5) is 50.9. The summed E-state index contributed by atoms with van der Waals surface area (Å²) in [6.07, 6.45) is 12.0. The van der Waals surface area contributed by atoms with Crippen LogP contribution in [0.4, 0.5) is 5.82 Å². The van der Waals surface area contributed by atoms with Gasteiger partial charge in [-0.25, -0.2) is 9.97 Å². The van der Waals surface area contributed by atoms with E-state index in [4.69, 9.17) is 29.9 Å². The highest BCUT2D eigenvalue weighted by atomic mass is 16.5. The first-order chi connectivity index (χ1) is 28.6. The molecule has 0 radical (unpaired) electrons. The minimum absolute atomic E-state index is 0.136. The monoisotopic (exact) mass is 820 g/mol. The molecule has 0 spiro atoms. The second-order valence-electron chi connectivity index (χ2n) is 15.7. The Hall–Kier alpha value is -4.45. The number of aryl methyl sites for hydroxylation is 2. The normalized spacial score (nSPS) is 15.5. The number of carbonyl (C=O) groups excluding carboxylic acids is 3. The Labute approximate surface area is 347 Å². The Kier molecular flexibility index (Phi) is 18.1. The number of nitrogens with one attached hydrogen (secondary N) is 1. The number of amides is 3. The van der Waals surface area contributed by atoms with E-state index < -0.39 is 5.41 Å². The van der Waals surface area contributed by atoms with Crippen molar-refractivity contribution >= 4 is 45.5 Å². The van der Waals surface area contributed by atoms with Gasteiger partial charge in [0, 0.05) is 74.7 Å². The van der Waals surface area contributed by atoms with Gasteiger partial charge in [-0.05, 0) is 56.8 Å². The van der Waals surface area contributed by atoms with Crippen LogP contribution in [0.2, 0.25) is 0 Å². The molecule has 59 heavy (non-hydrogen) atoms. The third-order valence-electron chi connectivity index (χ3n) is 10.9. The quantitative estimate of drug-likeness (QED) is 0.0379. The summed E-state index contributed by atoms with van der Waals surface area (Å²) < 4.78 is 18.3. The average molecular weight is 821 g/mol. The zero-order valence-corrected chi connectivity index (χ0v) is 34.9. The maximum Gasteiger partial charge on any atom is 0.253 e. The van der Waals surface area contributed by atoms with E-state index in [-0.39, 0.29) is 44.1 Å². The number of anilines is 1. The zero-order chi connectivity index (χ0) is 42.0. The molecule has 324 valence electrons. The van der Waals surface area contributed by atoms with Crippen LogP contribution in [0.3, 0.4) is 0 Å². The Morgan fingerprint density at radius 2 is 1.56 bits per heavy atom. The van der Waals surface area contributed by atoms with Crippen LogP contribution in [-0.4, -0.2) is 156 Å². The van der Waals surface area contributed by atoms with Gasteiger partial charge < -0.3 is 49.8 Å². The molecule has 1 saturated heterocycles. The topological polar surface area (TPSA) is 198 Å². The summed E-state index contributed by atoms with van der Waals surface area (Å²) in [7, 11) is 0. The second-order valence-corrected chi connectivity index (χ2v) is 15.7. The minimum atomic E-state index is -0.693. The molecule has 3 amide bonds. The van der Waals surface area contributed by atoms with Crippen molar-refractivity contribution in [2.75, 3.05) is 104 Å². The molecule has 2 aromatic heterocycles. The summed E-state index contributed by atoms with van der Waals surface area (Å²) in [5.74, 6) is 0.479. The zero-order valence-electron chi connectivity index (χ0n) is 34.9. The van der Waals surface area contributed by atoms with E-state index in [2.05, 4.69) is 44.8 Å². The number of unbranched alkanes of at least 4 members (excludes halogenated alkanes) is 2. The van der Waals surface area contributed by atoms with Gasteiger partial charge in [-0.15, -0.1) is 0 Å². The molecule has 0 saturated carbocycles. The number of nitrogens with zero attached hydrogens (tertiary/aromatic N) is 6. The van der Waals surface area contributed by atoms with Crippen molar-refractivity contribution in [3.05, 3.63) is 54.1 Å². The summed E-state index contributed by atoms with van der Waals surface area (Å²) >= 11 is 0. The SMILES string of the molecule is CCCCc1nc2c(N)nc3cc(CCCN4CCN(CCCCNC(=O)C=COCCOCCOCCN5C(=O)C=CC5=O)CC4)ccc3c2n1CC(C)(CO)CO. The first kappa shape index (κ1) is 45.6. The number of imidazole rings is 1. The first-order valence-corrected chi connectivity index (χ1v) is 21.1. The molecule has 5 rings (SSSR count). The molecule has 16 heteroatoms. The van der Waals surface area contributed by atoms with Crippen LogP contribution in [0.1, 0.15) is 57.3 Å². The van der Waals surface area contributed by atoms with Gasteiger partial charge in [0.1, 0.15) is 17.9 Å². The van der Waals surface area contributed by atoms with Gasteiger partial charge in [0.2, 0.25) is 5.91 Å². The first-order valence-electron chi connectivity index (χ1n) is 21.1. The lowest BCUT2D eigenvalue weighted by Gasteiger charge is -2.34. The lowest BCUT2D eigenvalue weighted by molar-refractivity contribution is -0.137. The van der Waals surface area contributed by atoms with E-state index >= 15 is 0 Å². The molecule has 1 aromatic carbocycles. The number of piperazine rings is 1. The Morgan fingerprint density at radius 3 is 2.25 bits per heavy atom. The molecule has 0 unspecified atom stereocenters.